The SMILES string of the molecule is COC(=O)c1ccc(CNCCc2ccn(C)n2)nc1. The number of ether oxygens (including phenoxy) is 1. The number of nitrogens with zero attached hydrogens (tertiary/aromatic N) is 3. The molecular weight excluding hydrogens is 256 g/mol. The first kappa shape index (κ1) is 14.2. The van der Waals surface area contributed by atoms with Crippen molar-refractivity contribution in [2.45, 2.75) is 13.0 Å². The van der Waals surface area contributed by atoms with Gasteiger partial charge in [0.25, 0.3) is 0 Å². The standard InChI is InChI=1S/C14H18N4O2/c1-18-8-6-12(17-18)5-7-15-10-13-4-3-11(9-16-13)14(19)20-2/h3-4,6,8-9,15H,5,7,10H2,1-2H3. The predicted molar refractivity (Wildman–Crippen MR) is 74.2 cm³/mol. The summed E-state index contributed by atoms with van der Waals surface area (Å²) in [4.78, 5) is 15.5. The van der Waals surface area contributed by atoms with E-state index in [2.05, 4.69) is 20.1 Å². The lowest BCUT2D eigenvalue weighted by molar-refractivity contribution is 0.0600. The van der Waals surface area contributed by atoms with E-state index in [0.717, 1.165) is 24.4 Å². The second-order valence-corrected chi connectivity index (χ2v) is 4.44. The maximum Gasteiger partial charge on any atom is 0.339 e. The molecule has 0 aliphatic heterocycles. The molecule has 0 saturated heterocycles. The van der Waals surface area contributed by atoms with Gasteiger partial charge in [0.2, 0.25) is 0 Å². The van der Waals surface area contributed by atoms with Crippen molar-refractivity contribution in [1.29, 1.82) is 0 Å². The van der Waals surface area contributed by atoms with Crippen molar-refractivity contribution in [3.8, 4) is 0 Å². The van der Waals surface area contributed by atoms with Crippen LogP contribution in [0.25, 0.3) is 0 Å². The van der Waals surface area contributed by atoms with Crippen LogP contribution in [0, 0.1) is 0 Å². The van der Waals surface area contributed by atoms with Crippen LogP contribution in [0.1, 0.15) is 21.7 Å². The number of aromatic nitrogens is 3. The Morgan fingerprint density at radius 2 is 2.20 bits per heavy atom. The molecule has 106 valence electrons. The second-order valence-electron chi connectivity index (χ2n) is 4.44. The fraction of sp³-hybridized carbons (Fsp3) is 0.357. The summed E-state index contributed by atoms with van der Waals surface area (Å²) in [5, 5.41) is 7.60. The Labute approximate surface area is 117 Å². The van der Waals surface area contributed by atoms with Gasteiger partial charge in [0.15, 0.2) is 0 Å². The van der Waals surface area contributed by atoms with Crippen molar-refractivity contribution in [3.63, 3.8) is 0 Å². The molecule has 0 atom stereocenters. The number of pyridine rings is 1. The molecule has 0 saturated carbocycles. The normalized spacial score (nSPS) is 10.5. The monoisotopic (exact) mass is 274 g/mol. The number of rotatable bonds is 6. The first-order valence-electron chi connectivity index (χ1n) is 6.41. The summed E-state index contributed by atoms with van der Waals surface area (Å²) in [6.45, 7) is 1.49. The third kappa shape index (κ3) is 3.89. The van der Waals surface area contributed by atoms with Gasteiger partial charge >= 0.3 is 5.97 Å². The van der Waals surface area contributed by atoms with E-state index in [9.17, 15) is 4.79 Å². The molecule has 0 unspecified atom stereocenters. The Bertz CT molecular complexity index is 563. The van der Waals surface area contributed by atoms with E-state index >= 15 is 0 Å². The molecule has 0 aromatic carbocycles. The van der Waals surface area contributed by atoms with Crippen LogP contribution in [0.5, 0.6) is 0 Å². The average molecular weight is 274 g/mol. The van der Waals surface area contributed by atoms with Gasteiger partial charge in [0.05, 0.1) is 24.1 Å². The molecule has 0 aliphatic carbocycles. The second kappa shape index (κ2) is 6.81. The van der Waals surface area contributed by atoms with E-state index in [0.29, 0.717) is 12.1 Å². The third-order valence-corrected chi connectivity index (χ3v) is 2.88. The van der Waals surface area contributed by atoms with Crippen LogP contribution >= 0.6 is 0 Å². The minimum Gasteiger partial charge on any atom is -0.465 e. The Morgan fingerprint density at radius 1 is 1.35 bits per heavy atom. The highest BCUT2D eigenvalue weighted by Crippen LogP contribution is 2.02. The summed E-state index contributed by atoms with van der Waals surface area (Å²) in [6.07, 6.45) is 4.34. The van der Waals surface area contributed by atoms with Crippen LogP contribution < -0.4 is 5.32 Å². The van der Waals surface area contributed by atoms with Crippen molar-refractivity contribution in [1.82, 2.24) is 20.1 Å². The van der Waals surface area contributed by atoms with Crippen molar-refractivity contribution in [2.75, 3.05) is 13.7 Å². The maximum absolute atomic E-state index is 11.3. The number of esters is 1. The molecule has 6 heteroatoms. The van der Waals surface area contributed by atoms with Gasteiger partial charge in [-0.15, -0.1) is 0 Å². The number of methoxy groups -OCH3 is 1. The minimum atomic E-state index is -0.368. The van der Waals surface area contributed by atoms with Gasteiger partial charge in [-0.05, 0) is 18.2 Å². The van der Waals surface area contributed by atoms with Gasteiger partial charge < -0.3 is 10.1 Å². The molecule has 2 rings (SSSR count). The lowest BCUT2D eigenvalue weighted by Gasteiger charge is -2.04. The average Bonchev–Trinajstić information content (AvgIpc) is 2.89. The lowest BCUT2D eigenvalue weighted by atomic mass is 10.2. The molecule has 6 nitrogen and oxygen atoms in total. The Morgan fingerprint density at radius 3 is 2.80 bits per heavy atom. The van der Waals surface area contributed by atoms with Gasteiger partial charge in [0.1, 0.15) is 0 Å². The van der Waals surface area contributed by atoms with Crippen molar-refractivity contribution >= 4 is 5.97 Å². The fourth-order valence-corrected chi connectivity index (χ4v) is 1.80. The third-order valence-electron chi connectivity index (χ3n) is 2.88. The molecule has 2 aromatic rings. The van der Waals surface area contributed by atoms with E-state index < -0.39 is 0 Å². The van der Waals surface area contributed by atoms with Gasteiger partial charge in [-0.3, -0.25) is 9.67 Å². The van der Waals surface area contributed by atoms with Crippen LogP contribution in [-0.4, -0.2) is 34.4 Å². The van der Waals surface area contributed by atoms with Crippen molar-refractivity contribution in [3.05, 3.63) is 47.5 Å². The number of nitrogens with one attached hydrogen (secondary N) is 1. The molecule has 2 aromatic heterocycles. The molecule has 0 aliphatic rings. The Kier molecular flexibility index (Phi) is 4.84. The lowest BCUT2D eigenvalue weighted by Crippen LogP contribution is -2.18. The van der Waals surface area contributed by atoms with Crippen LogP contribution in [-0.2, 0) is 24.8 Å². The predicted octanol–water partition coefficient (Wildman–Crippen LogP) is 0.934. The highest BCUT2D eigenvalue weighted by atomic mass is 16.5. The zero-order valence-electron chi connectivity index (χ0n) is 11.7. The minimum absolute atomic E-state index is 0.368. The molecule has 20 heavy (non-hydrogen) atoms. The highest BCUT2D eigenvalue weighted by molar-refractivity contribution is 5.88. The first-order valence-corrected chi connectivity index (χ1v) is 6.41. The summed E-state index contributed by atoms with van der Waals surface area (Å²) in [7, 11) is 3.26. The Hall–Kier alpha value is -2.21. The largest absolute Gasteiger partial charge is 0.465 e. The van der Waals surface area contributed by atoms with Gasteiger partial charge in [-0.1, -0.05) is 0 Å². The molecular formula is C14H18N4O2. The number of hydrogen-bond acceptors (Lipinski definition) is 5. The van der Waals surface area contributed by atoms with E-state index in [1.165, 1.54) is 13.3 Å². The van der Waals surface area contributed by atoms with Gasteiger partial charge in [0, 0.05) is 39.0 Å². The molecule has 0 fully saturated rings. The zero-order valence-corrected chi connectivity index (χ0v) is 11.7. The molecule has 2 heterocycles. The first-order chi connectivity index (χ1) is 9.69. The summed E-state index contributed by atoms with van der Waals surface area (Å²) < 4.78 is 6.42. The topological polar surface area (TPSA) is 69.0 Å². The number of carbonyl (C=O) groups is 1. The van der Waals surface area contributed by atoms with Crippen LogP contribution in [0.15, 0.2) is 30.6 Å². The van der Waals surface area contributed by atoms with E-state index in [-0.39, 0.29) is 5.97 Å². The number of carbonyl (C=O) groups excluding carboxylic acids is 1. The summed E-state index contributed by atoms with van der Waals surface area (Å²) in [5.74, 6) is -0.368. The van der Waals surface area contributed by atoms with Gasteiger partial charge in [-0.2, -0.15) is 5.10 Å². The quantitative estimate of drug-likeness (QED) is 0.627. The molecule has 0 spiro atoms. The van der Waals surface area contributed by atoms with E-state index in [4.69, 9.17) is 0 Å². The van der Waals surface area contributed by atoms with E-state index in [1.54, 1.807) is 10.7 Å². The molecule has 1 N–H and O–H groups in total. The van der Waals surface area contributed by atoms with Crippen molar-refractivity contribution in [2.24, 2.45) is 7.05 Å². The number of hydrogen-bond donors (Lipinski definition) is 1. The van der Waals surface area contributed by atoms with Gasteiger partial charge in [-0.25, -0.2) is 4.79 Å². The smallest absolute Gasteiger partial charge is 0.339 e. The molecule has 0 bridgehead atoms. The van der Waals surface area contributed by atoms with Crippen LogP contribution in [0.2, 0.25) is 0 Å². The van der Waals surface area contributed by atoms with Crippen molar-refractivity contribution < 1.29 is 9.53 Å². The highest BCUT2D eigenvalue weighted by Gasteiger charge is 2.05. The molecule has 0 radical (unpaired) electrons. The summed E-state index contributed by atoms with van der Waals surface area (Å²) >= 11 is 0. The number of aryl methyl sites for hydroxylation is 1. The summed E-state index contributed by atoms with van der Waals surface area (Å²) in [6, 6.07) is 5.54. The fourth-order valence-electron chi connectivity index (χ4n) is 1.80. The van der Waals surface area contributed by atoms with E-state index in [1.807, 2.05) is 25.4 Å². The Balaban J connectivity index is 1.75. The van der Waals surface area contributed by atoms with Crippen LogP contribution in [0.3, 0.4) is 0 Å². The van der Waals surface area contributed by atoms with Crippen LogP contribution in [0.4, 0.5) is 0 Å². The maximum atomic E-state index is 11.3. The zero-order chi connectivity index (χ0) is 14.4. The summed E-state index contributed by atoms with van der Waals surface area (Å²) in [5.41, 5.74) is 2.41. The molecule has 0 amide bonds.